The Bertz CT molecular complexity index is 362. The first-order valence-electron chi connectivity index (χ1n) is 7.04. The summed E-state index contributed by atoms with van der Waals surface area (Å²) >= 11 is 0. The molecule has 3 nitrogen and oxygen atoms in total. The molecule has 1 fully saturated rings. The molecule has 0 spiro atoms. The highest BCUT2D eigenvalue weighted by molar-refractivity contribution is 5.40. The fourth-order valence-corrected chi connectivity index (χ4v) is 2.65. The topological polar surface area (TPSA) is 42.1 Å². The Morgan fingerprint density at radius 1 is 1.22 bits per heavy atom. The van der Waals surface area contributed by atoms with E-state index in [0.29, 0.717) is 0 Å². The van der Waals surface area contributed by atoms with Gasteiger partial charge in [0.1, 0.15) is 5.82 Å². The summed E-state index contributed by atoms with van der Waals surface area (Å²) in [7, 11) is 0. The zero-order valence-corrected chi connectivity index (χ0v) is 11.8. The predicted molar refractivity (Wildman–Crippen MR) is 76.6 cm³/mol. The van der Waals surface area contributed by atoms with Gasteiger partial charge in [0.25, 0.3) is 0 Å². The van der Waals surface area contributed by atoms with Crippen molar-refractivity contribution in [3.05, 3.63) is 23.9 Å². The number of hydrogen-bond acceptors (Lipinski definition) is 3. The Kier molecular flexibility index (Phi) is 4.23. The van der Waals surface area contributed by atoms with Crippen LogP contribution in [-0.4, -0.2) is 18.1 Å². The largest absolute Gasteiger partial charge is 0.357 e. The molecule has 0 unspecified atom stereocenters. The lowest BCUT2D eigenvalue weighted by atomic mass is 9.87. The standard InChI is InChI=1S/C15H25N3/c1-11(2)13-6-8-18(9-7-13)15-5-4-14(10-17-15)12(3)16/h4-5,10-13H,6-9,16H2,1-3H3/t12-/m0/s1. The highest BCUT2D eigenvalue weighted by Gasteiger charge is 2.22. The van der Waals surface area contributed by atoms with Crippen molar-refractivity contribution in [2.75, 3.05) is 18.0 Å². The van der Waals surface area contributed by atoms with Crippen LogP contribution >= 0.6 is 0 Å². The molecule has 18 heavy (non-hydrogen) atoms. The summed E-state index contributed by atoms with van der Waals surface area (Å²) in [6.45, 7) is 8.91. The first-order valence-corrected chi connectivity index (χ1v) is 7.04. The van der Waals surface area contributed by atoms with Gasteiger partial charge in [-0.15, -0.1) is 0 Å². The van der Waals surface area contributed by atoms with Gasteiger partial charge in [-0.2, -0.15) is 0 Å². The zero-order valence-electron chi connectivity index (χ0n) is 11.8. The molecule has 0 saturated carbocycles. The Balaban J connectivity index is 1.97. The number of nitrogens with zero attached hydrogens (tertiary/aromatic N) is 2. The quantitative estimate of drug-likeness (QED) is 0.893. The minimum Gasteiger partial charge on any atom is -0.357 e. The van der Waals surface area contributed by atoms with Crippen LogP contribution in [0.5, 0.6) is 0 Å². The summed E-state index contributed by atoms with van der Waals surface area (Å²) in [5, 5.41) is 0. The van der Waals surface area contributed by atoms with E-state index in [2.05, 4.69) is 35.9 Å². The number of rotatable bonds is 3. The van der Waals surface area contributed by atoms with E-state index in [0.717, 1.165) is 36.3 Å². The van der Waals surface area contributed by atoms with Crippen LogP contribution in [0.1, 0.15) is 45.2 Å². The maximum Gasteiger partial charge on any atom is 0.128 e. The van der Waals surface area contributed by atoms with Crippen molar-refractivity contribution in [2.24, 2.45) is 17.6 Å². The van der Waals surface area contributed by atoms with Crippen LogP contribution in [0, 0.1) is 11.8 Å². The van der Waals surface area contributed by atoms with Crippen LogP contribution in [0.15, 0.2) is 18.3 Å². The van der Waals surface area contributed by atoms with Crippen molar-refractivity contribution in [3.63, 3.8) is 0 Å². The average molecular weight is 247 g/mol. The fourth-order valence-electron chi connectivity index (χ4n) is 2.65. The van der Waals surface area contributed by atoms with Crippen molar-refractivity contribution in [1.29, 1.82) is 0 Å². The van der Waals surface area contributed by atoms with Crippen LogP contribution in [0.3, 0.4) is 0 Å². The van der Waals surface area contributed by atoms with Gasteiger partial charge in [-0.3, -0.25) is 0 Å². The first kappa shape index (κ1) is 13.3. The number of pyridine rings is 1. The molecule has 0 bridgehead atoms. The maximum absolute atomic E-state index is 5.84. The van der Waals surface area contributed by atoms with Crippen LogP contribution in [0.2, 0.25) is 0 Å². The van der Waals surface area contributed by atoms with Gasteiger partial charge in [-0.25, -0.2) is 4.98 Å². The van der Waals surface area contributed by atoms with Crippen molar-refractivity contribution < 1.29 is 0 Å². The molecular formula is C15H25N3. The second kappa shape index (κ2) is 5.70. The Labute approximate surface area is 110 Å². The molecular weight excluding hydrogens is 222 g/mol. The normalized spacial score (nSPS) is 19.3. The number of aromatic nitrogens is 1. The Hall–Kier alpha value is -1.09. The minimum absolute atomic E-state index is 0.0678. The molecule has 3 heteroatoms. The molecule has 1 aromatic heterocycles. The molecule has 1 aromatic rings. The van der Waals surface area contributed by atoms with Gasteiger partial charge in [0.2, 0.25) is 0 Å². The SMILES string of the molecule is CC(C)C1CCN(c2ccc([C@H](C)N)cn2)CC1. The lowest BCUT2D eigenvalue weighted by molar-refractivity contribution is 0.310. The molecule has 1 aliphatic rings. The van der Waals surface area contributed by atoms with Gasteiger partial charge < -0.3 is 10.6 Å². The number of hydrogen-bond donors (Lipinski definition) is 1. The third-order valence-electron chi connectivity index (χ3n) is 4.10. The van der Waals surface area contributed by atoms with E-state index >= 15 is 0 Å². The van der Waals surface area contributed by atoms with Crippen molar-refractivity contribution in [2.45, 2.75) is 39.7 Å². The van der Waals surface area contributed by atoms with Crippen LogP contribution in [-0.2, 0) is 0 Å². The predicted octanol–water partition coefficient (Wildman–Crippen LogP) is 2.97. The van der Waals surface area contributed by atoms with Gasteiger partial charge in [0.05, 0.1) is 0 Å². The minimum atomic E-state index is 0.0678. The average Bonchev–Trinajstić information content (AvgIpc) is 2.39. The Morgan fingerprint density at radius 2 is 1.89 bits per heavy atom. The van der Waals surface area contributed by atoms with E-state index in [1.165, 1.54) is 12.8 Å². The van der Waals surface area contributed by atoms with E-state index in [1.807, 2.05) is 13.1 Å². The van der Waals surface area contributed by atoms with Gasteiger partial charge in [0, 0.05) is 25.3 Å². The van der Waals surface area contributed by atoms with Crippen LogP contribution < -0.4 is 10.6 Å². The smallest absolute Gasteiger partial charge is 0.128 e. The van der Waals surface area contributed by atoms with Crippen LogP contribution in [0.4, 0.5) is 5.82 Å². The molecule has 0 amide bonds. The van der Waals surface area contributed by atoms with Crippen molar-refractivity contribution >= 4 is 5.82 Å². The maximum atomic E-state index is 5.84. The Morgan fingerprint density at radius 3 is 2.33 bits per heavy atom. The van der Waals surface area contributed by atoms with Gasteiger partial charge in [-0.1, -0.05) is 19.9 Å². The molecule has 2 N–H and O–H groups in total. The van der Waals surface area contributed by atoms with Gasteiger partial charge >= 0.3 is 0 Å². The second-order valence-electron chi connectivity index (χ2n) is 5.81. The molecule has 1 atom stereocenters. The summed E-state index contributed by atoms with van der Waals surface area (Å²) in [4.78, 5) is 6.93. The summed E-state index contributed by atoms with van der Waals surface area (Å²) in [5.41, 5.74) is 6.95. The van der Waals surface area contributed by atoms with E-state index in [-0.39, 0.29) is 6.04 Å². The third-order valence-corrected chi connectivity index (χ3v) is 4.10. The molecule has 0 radical (unpaired) electrons. The van der Waals surface area contributed by atoms with E-state index in [9.17, 15) is 0 Å². The molecule has 2 rings (SSSR count). The van der Waals surface area contributed by atoms with Gasteiger partial charge in [0.15, 0.2) is 0 Å². The second-order valence-corrected chi connectivity index (χ2v) is 5.81. The van der Waals surface area contributed by atoms with Crippen LogP contribution in [0.25, 0.3) is 0 Å². The summed E-state index contributed by atoms with van der Waals surface area (Å²) in [6.07, 6.45) is 4.48. The monoisotopic (exact) mass is 247 g/mol. The zero-order chi connectivity index (χ0) is 13.1. The van der Waals surface area contributed by atoms with E-state index in [1.54, 1.807) is 0 Å². The van der Waals surface area contributed by atoms with E-state index < -0.39 is 0 Å². The molecule has 100 valence electrons. The lowest BCUT2D eigenvalue weighted by Crippen LogP contribution is -2.35. The molecule has 1 saturated heterocycles. The lowest BCUT2D eigenvalue weighted by Gasteiger charge is -2.34. The number of nitrogens with two attached hydrogens (primary N) is 1. The first-order chi connectivity index (χ1) is 8.58. The summed E-state index contributed by atoms with van der Waals surface area (Å²) in [6, 6.07) is 4.27. The molecule has 0 aliphatic carbocycles. The van der Waals surface area contributed by atoms with Crippen molar-refractivity contribution in [1.82, 2.24) is 4.98 Å². The van der Waals surface area contributed by atoms with Crippen molar-refractivity contribution in [3.8, 4) is 0 Å². The fraction of sp³-hybridized carbons (Fsp3) is 0.667. The number of piperidine rings is 1. The highest BCUT2D eigenvalue weighted by atomic mass is 15.2. The summed E-state index contributed by atoms with van der Waals surface area (Å²) in [5.74, 6) is 2.78. The van der Waals surface area contributed by atoms with Gasteiger partial charge in [-0.05, 0) is 43.2 Å². The molecule has 1 aliphatic heterocycles. The number of anilines is 1. The molecule has 2 heterocycles. The third kappa shape index (κ3) is 3.02. The molecule has 0 aromatic carbocycles. The summed E-state index contributed by atoms with van der Waals surface area (Å²) < 4.78 is 0. The van der Waals surface area contributed by atoms with E-state index in [4.69, 9.17) is 5.73 Å². The highest BCUT2D eigenvalue weighted by Crippen LogP contribution is 2.27.